The number of piperidine rings is 1. The third-order valence-corrected chi connectivity index (χ3v) is 4.94. The van der Waals surface area contributed by atoms with E-state index in [1.54, 1.807) is 6.07 Å². The van der Waals surface area contributed by atoms with Crippen molar-refractivity contribution < 1.29 is 23.1 Å². The fourth-order valence-corrected chi connectivity index (χ4v) is 3.29. The van der Waals surface area contributed by atoms with E-state index >= 15 is 0 Å². The second kappa shape index (κ2) is 9.70. The zero-order valence-electron chi connectivity index (χ0n) is 14.6. The molecule has 0 amide bonds. The van der Waals surface area contributed by atoms with Crippen LogP contribution in [0.25, 0.3) is 0 Å². The molecule has 0 aromatic heterocycles. The van der Waals surface area contributed by atoms with E-state index < -0.39 is 11.9 Å². The zero-order chi connectivity index (χ0) is 19.0. The molecule has 0 saturated carbocycles. The Hall–Kier alpha value is -1.70. The number of aliphatic imine (C=N–C) groups is 1. The molecule has 25 heavy (non-hydrogen) atoms. The van der Waals surface area contributed by atoms with Gasteiger partial charge in [0.05, 0.1) is 11.4 Å². The number of carbonyl (C=O) groups is 1. The summed E-state index contributed by atoms with van der Waals surface area (Å²) in [5.74, 6) is 0.150. The Kier molecular flexibility index (Phi) is 8.28. The molecule has 0 spiro atoms. The van der Waals surface area contributed by atoms with E-state index in [0.717, 1.165) is 60.2 Å². The summed E-state index contributed by atoms with van der Waals surface area (Å²) in [6, 6.07) is 3.71. The highest BCUT2D eigenvalue weighted by atomic mass is 32.2. The minimum absolute atomic E-state index is 0.250. The van der Waals surface area contributed by atoms with E-state index in [1.165, 1.54) is 0 Å². The molecule has 1 aromatic carbocycles. The smallest absolute Gasteiger partial charge is 0.398 e. The lowest BCUT2D eigenvalue weighted by atomic mass is 10.1. The molecular weight excluding hydrogens is 353 g/mol. The van der Waals surface area contributed by atoms with Crippen LogP contribution in [0.4, 0.5) is 18.9 Å². The molecule has 1 heterocycles. The molecule has 1 aliphatic rings. The Morgan fingerprint density at radius 2 is 1.92 bits per heavy atom. The molecule has 1 aliphatic heterocycles. The number of carboxylic acid groups (broad SMARTS) is 1. The van der Waals surface area contributed by atoms with Gasteiger partial charge in [-0.3, -0.25) is 4.79 Å². The summed E-state index contributed by atoms with van der Waals surface area (Å²) in [5.41, 5.74) is 2.65. The van der Waals surface area contributed by atoms with E-state index in [9.17, 15) is 13.2 Å². The van der Waals surface area contributed by atoms with Gasteiger partial charge in [0.2, 0.25) is 0 Å². The summed E-state index contributed by atoms with van der Waals surface area (Å²) < 4.78 is 37.3. The standard InChI is InChI=1S/C16H21F3N2S.CH2O2/c1-11-8-12(2)14(22-10-16(17,18)19)9-13(11)20-15-6-4-5-7-21(15)3;2-1-3/h8-9H,4-7,10H2,1-3H3;1H,(H,2,3). The molecule has 8 heteroatoms. The fourth-order valence-electron chi connectivity index (χ4n) is 2.49. The zero-order valence-corrected chi connectivity index (χ0v) is 15.4. The number of likely N-dealkylation sites (tertiary alicyclic amines) is 1. The van der Waals surface area contributed by atoms with Crippen LogP contribution in [-0.2, 0) is 4.79 Å². The van der Waals surface area contributed by atoms with E-state index in [1.807, 2.05) is 27.0 Å². The summed E-state index contributed by atoms with van der Waals surface area (Å²) >= 11 is 0.832. The molecule has 0 bridgehead atoms. The van der Waals surface area contributed by atoms with Crippen molar-refractivity contribution in [1.29, 1.82) is 0 Å². The normalized spacial score (nSPS) is 16.4. The Bertz CT molecular complexity index is 619. The van der Waals surface area contributed by atoms with E-state index in [4.69, 9.17) is 14.9 Å². The first-order chi connectivity index (χ1) is 11.7. The number of benzene rings is 1. The van der Waals surface area contributed by atoms with Gasteiger partial charge >= 0.3 is 6.18 Å². The lowest BCUT2D eigenvalue weighted by molar-refractivity contribution is -0.122. The number of halogens is 3. The third kappa shape index (κ3) is 7.37. The Morgan fingerprint density at radius 3 is 2.48 bits per heavy atom. The van der Waals surface area contributed by atoms with Crippen molar-refractivity contribution in [3.8, 4) is 0 Å². The highest BCUT2D eigenvalue weighted by Crippen LogP contribution is 2.34. The van der Waals surface area contributed by atoms with Crippen LogP contribution in [0.5, 0.6) is 0 Å². The van der Waals surface area contributed by atoms with Crippen molar-refractivity contribution in [1.82, 2.24) is 4.90 Å². The lowest BCUT2D eigenvalue weighted by Gasteiger charge is -2.26. The highest BCUT2D eigenvalue weighted by Gasteiger charge is 2.27. The maximum absolute atomic E-state index is 12.4. The van der Waals surface area contributed by atoms with Crippen LogP contribution in [0.1, 0.15) is 30.4 Å². The molecule has 0 aliphatic carbocycles. The maximum atomic E-state index is 12.4. The summed E-state index contributed by atoms with van der Waals surface area (Å²) in [7, 11) is 2.01. The van der Waals surface area contributed by atoms with Crippen LogP contribution in [0.3, 0.4) is 0 Å². The van der Waals surface area contributed by atoms with Gasteiger partial charge in [0, 0.05) is 24.9 Å². The average Bonchev–Trinajstić information content (AvgIpc) is 2.50. The highest BCUT2D eigenvalue weighted by molar-refractivity contribution is 7.99. The summed E-state index contributed by atoms with van der Waals surface area (Å²) in [5, 5.41) is 6.89. The molecule has 4 nitrogen and oxygen atoms in total. The van der Waals surface area contributed by atoms with Gasteiger partial charge in [0.25, 0.3) is 6.47 Å². The number of rotatable bonds is 3. The number of hydrogen-bond acceptors (Lipinski definition) is 3. The minimum atomic E-state index is -4.16. The Morgan fingerprint density at radius 1 is 1.28 bits per heavy atom. The fraction of sp³-hybridized carbons (Fsp3) is 0.529. The number of alkyl halides is 3. The molecule has 140 valence electrons. The van der Waals surface area contributed by atoms with Crippen LogP contribution in [0.15, 0.2) is 22.0 Å². The molecule has 0 radical (unpaired) electrons. The Labute approximate surface area is 150 Å². The quantitative estimate of drug-likeness (QED) is 0.608. The SMILES string of the molecule is Cc1cc(C)c(SCC(F)(F)F)cc1N=C1CCCCN1C.O=CO. The number of aryl methyl sites for hydroxylation is 2. The second-order valence-corrected chi connectivity index (χ2v) is 6.84. The number of amidine groups is 1. The van der Waals surface area contributed by atoms with Gasteiger partial charge in [0.15, 0.2) is 0 Å². The molecule has 1 N–H and O–H groups in total. The first-order valence-electron chi connectivity index (χ1n) is 7.85. The average molecular weight is 376 g/mol. The molecule has 0 unspecified atom stereocenters. The van der Waals surface area contributed by atoms with Crippen LogP contribution in [-0.4, -0.2) is 47.8 Å². The van der Waals surface area contributed by atoms with Crippen molar-refractivity contribution in [2.75, 3.05) is 19.3 Å². The van der Waals surface area contributed by atoms with Crippen LogP contribution in [0, 0.1) is 13.8 Å². The van der Waals surface area contributed by atoms with E-state index in [2.05, 4.69) is 4.90 Å². The van der Waals surface area contributed by atoms with Gasteiger partial charge in [-0.15, -0.1) is 11.8 Å². The molecule has 1 fully saturated rings. The number of thioether (sulfide) groups is 1. The van der Waals surface area contributed by atoms with Gasteiger partial charge in [-0.25, -0.2) is 4.99 Å². The topological polar surface area (TPSA) is 52.9 Å². The molecule has 1 saturated heterocycles. The van der Waals surface area contributed by atoms with Crippen molar-refractivity contribution in [3.63, 3.8) is 0 Å². The Balaban J connectivity index is 0.000000970. The van der Waals surface area contributed by atoms with Gasteiger partial charge in [0.1, 0.15) is 5.84 Å². The second-order valence-electron chi connectivity index (χ2n) is 5.82. The van der Waals surface area contributed by atoms with E-state index in [-0.39, 0.29) is 6.47 Å². The summed E-state index contributed by atoms with van der Waals surface area (Å²) in [6.45, 7) is 4.53. The van der Waals surface area contributed by atoms with Gasteiger partial charge in [-0.2, -0.15) is 13.2 Å². The third-order valence-electron chi connectivity index (χ3n) is 3.72. The van der Waals surface area contributed by atoms with Gasteiger partial charge < -0.3 is 10.0 Å². The molecular formula is C17H23F3N2O2S. The van der Waals surface area contributed by atoms with Crippen LogP contribution in [0.2, 0.25) is 0 Å². The van der Waals surface area contributed by atoms with E-state index in [0.29, 0.717) is 4.90 Å². The lowest BCUT2D eigenvalue weighted by Crippen LogP contribution is -2.31. The maximum Gasteiger partial charge on any atom is 0.398 e. The predicted molar refractivity (Wildman–Crippen MR) is 95.0 cm³/mol. The van der Waals surface area contributed by atoms with Gasteiger partial charge in [-0.05, 0) is 43.9 Å². The molecule has 0 atom stereocenters. The van der Waals surface area contributed by atoms with Crippen molar-refractivity contribution >= 4 is 29.8 Å². The molecule has 1 aromatic rings. The van der Waals surface area contributed by atoms with Gasteiger partial charge in [-0.1, -0.05) is 6.07 Å². The summed E-state index contributed by atoms with van der Waals surface area (Å²) in [4.78, 5) is 15.8. The number of hydrogen-bond donors (Lipinski definition) is 1. The monoisotopic (exact) mass is 376 g/mol. The summed E-state index contributed by atoms with van der Waals surface area (Å²) in [6.07, 6.45) is -0.953. The first kappa shape index (κ1) is 21.3. The predicted octanol–water partition coefficient (Wildman–Crippen LogP) is 4.80. The molecule has 2 rings (SSSR count). The van der Waals surface area contributed by atoms with Crippen LogP contribution >= 0.6 is 11.8 Å². The van der Waals surface area contributed by atoms with Crippen LogP contribution < -0.4 is 0 Å². The van der Waals surface area contributed by atoms with Crippen molar-refractivity contribution in [2.24, 2.45) is 4.99 Å². The first-order valence-corrected chi connectivity index (χ1v) is 8.84. The van der Waals surface area contributed by atoms with Crippen molar-refractivity contribution in [3.05, 3.63) is 23.3 Å². The van der Waals surface area contributed by atoms with Crippen molar-refractivity contribution in [2.45, 2.75) is 44.2 Å². The largest absolute Gasteiger partial charge is 0.483 e. The minimum Gasteiger partial charge on any atom is -0.483 e. The number of nitrogens with zero attached hydrogens (tertiary/aromatic N) is 2.